The van der Waals surface area contributed by atoms with Crippen molar-refractivity contribution in [1.82, 2.24) is 4.98 Å². The number of ether oxygens (including phenoxy) is 1. The van der Waals surface area contributed by atoms with E-state index in [-0.39, 0.29) is 5.97 Å². The largest absolute Gasteiger partial charge is 0.462 e. The molecule has 0 fully saturated rings. The molecule has 0 aromatic carbocycles. The molecule has 0 amide bonds. The molecule has 0 unspecified atom stereocenters. The van der Waals surface area contributed by atoms with Gasteiger partial charge in [-0.1, -0.05) is 0 Å². The molecule has 0 spiro atoms. The van der Waals surface area contributed by atoms with Gasteiger partial charge in [0, 0.05) is 15.2 Å². The Kier molecular flexibility index (Phi) is 3.20. The zero-order valence-electron chi connectivity index (χ0n) is 7.99. The van der Waals surface area contributed by atoms with E-state index in [1.807, 2.05) is 12.1 Å². The van der Waals surface area contributed by atoms with Crippen LogP contribution in [0.2, 0.25) is 0 Å². The maximum absolute atomic E-state index is 11.5. The highest BCUT2D eigenvalue weighted by Gasteiger charge is 2.11. The molecule has 0 saturated carbocycles. The first-order valence-electron chi connectivity index (χ1n) is 4.43. The van der Waals surface area contributed by atoms with Crippen LogP contribution in [0, 0.1) is 3.57 Å². The number of esters is 1. The van der Waals surface area contributed by atoms with E-state index in [4.69, 9.17) is 4.74 Å². The monoisotopic (exact) mass is 333 g/mol. The Morgan fingerprint density at radius 1 is 1.60 bits per heavy atom. The van der Waals surface area contributed by atoms with Crippen LogP contribution in [0.1, 0.15) is 16.6 Å². The van der Waals surface area contributed by atoms with Gasteiger partial charge in [0.25, 0.3) is 0 Å². The quantitative estimate of drug-likeness (QED) is 0.626. The summed E-state index contributed by atoms with van der Waals surface area (Å²) in [4.78, 5) is 17.2. The van der Waals surface area contributed by atoms with Crippen LogP contribution >= 0.6 is 33.9 Å². The molecule has 0 atom stereocenters. The van der Waals surface area contributed by atoms with Crippen LogP contribution in [-0.2, 0) is 4.74 Å². The molecule has 15 heavy (non-hydrogen) atoms. The van der Waals surface area contributed by atoms with Gasteiger partial charge in [-0.15, -0.1) is 11.3 Å². The summed E-state index contributed by atoms with van der Waals surface area (Å²) in [7, 11) is 0. The lowest BCUT2D eigenvalue weighted by molar-refractivity contribution is 0.0532. The fraction of sp³-hybridized carbons (Fsp3) is 0.200. The first-order chi connectivity index (χ1) is 7.20. The summed E-state index contributed by atoms with van der Waals surface area (Å²) < 4.78 is 5.99. The Bertz CT molecular complexity index is 509. The van der Waals surface area contributed by atoms with Crippen LogP contribution in [0.3, 0.4) is 0 Å². The topological polar surface area (TPSA) is 39.2 Å². The lowest BCUT2D eigenvalue weighted by atomic mass is 10.3. The summed E-state index contributed by atoms with van der Waals surface area (Å²) in [5, 5.41) is 0.995. The van der Waals surface area contributed by atoms with Gasteiger partial charge in [-0.2, -0.15) is 0 Å². The van der Waals surface area contributed by atoms with Crippen molar-refractivity contribution in [2.24, 2.45) is 0 Å². The fourth-order valence-electron chi connectivity index (χ4n) is 1.21. The molecule has 0 aliphatic heterocycles. The predicted molar refractivity (Wildman–Crippen MR) is 68.3 cm³/mol. The van der Waals surface area contributed by atoms with Gasteiger partial charge in [0.05, 0.1) is 6.61 Å². The summed E-state index contributed by atoms with van der Waals surface area (Å²) in [5.41, 5.74) is 0. The van der Waals surface area contributed by atoms with Gasteiger partial charge >= 0.3 is 5.97 Å². The van der Waals surface area contributed by atoms with E-state index < -0.39 is 0 Å². The molecule has 0 N–H and O–H groups in total. The number of rotatable bonds is 2. The Morgan fingerprint density at radius 2 is 2.40 bits per heavy atom. The van der Waals surface area contributed by atoms with E-state index in [0.717, 1.165) is 13.8 Å². The highest BCUT2D eigenvalue weighted by molar-refractivity contribution is 14.1. The Labute approximate surface area is 105 Å². The molecule has 5 heteroatoms. The van der Waals surface area contributed by atoms with Crippen molar-refractivity contribution >= 4 is 50.1 Å². The third-order valence-corrected chi connectivity index (χ3v) is 3.44. The van der Waals surface area contributed by atoms with E-state index in [2.05, 4.69) is 27.6 Å². The van der Waals surface area contributed by atoms with Crippen LogP contribution < -0.4 is 0 Å². The molecular formula is C10H8INO2S. The Morgan fingerprint density at radius 3 is 3.13 bits per heavy atom. The summed E-state index contributed by atoms with van der Waals surface area (Å²) >= 11 is 3.56. The van der Waals surface area contributed by atoms with Crippen LogP contribution in [0.4, 0.5) is 0 Å². The molecule has 78 valence electrons. The number of thiophene rings is 1. The van der Waals surface area contributed by atoms with Gasteiger partial charge in [0.1, 0.15) is 9.71 Å². The van der Waals surface area contributed by atoms with Gasteiger partial charge in [-0.3, -0.25) is 0 Å². The van der Waals surface area contributed by atoms with E-state index in [9.17, 15) is 4.79 Å². The second-order valence-electron chi connectivity index (χ2n) is 2.88. The fourth-order valence-corrected chi connectivity index (χ4v) is 2.56. The van der Waals surface area contributed by atoms with Gasteiger partial charge in [-0.05, 0) is 41.6 Å². The first kappa shape index (κ1) is 10.8. The summed E-state index contributed by atoms with van der Waals surface area (Å²) in [6.07, 6.45) is 1.79. The number of nitrogens with zero attached hydrogens (tertiary/aromatic N) is 1. The van der Waals surface area contributed by atoms with Gasteiger partial charge in [-0.25, -0.2) is 9.78 Å². The molecule has 2 aromatic rings. The summed E-state index contributed by atoms with van der Waals surface area (Å²) in [6, 6.07) is 3.83. The molecule has 0 aliphatic rings. The van der Waals surface area contributed by atoms with E-state index >= 15 is 0 Å². The molecule has 0 aliphatic carbocycles. The van der Waals surface area contributed by atoms with Crippen molar-refractivity contribution in [2.45, 2.75) is 6.92 Å². The first-order valence-corrected chi connectivity index (χ1v) is 6.32. The minimum atomic E-state index is -0.268. The van der Waals surface area contributed by atoms with Crippen molar-refractivity contribution in [3.8, 4) is 0 Å². The Balaban J connectivity index is 2.42. The third-order valence-electron chi connectivity index (χ3n) is 1.82. The van der Waals surface area contributed by atoms with Gasteiger partial charge in [0.2, 0.25) is 0 Å². The minimum Gasteiger partial charge on any atom is -0.462 e. The smallest absolute Gasteiger partial charge is 0.348 e. The Hall–Kier alpha value is -0.690. The van der Waals surface area contributed by atoms with Crippen molar-refractivity contribution < 1.29 is 9.53 Å². The molecule has 0 radical (unpaired) electrons. The number of aromatic nitrogens is 1. The lowest BCUT2D eigenvalue weighted by Crippen LogP contribution is -2.01. The number of hydrogen-bond acceptors (Lipinski definition) is 4. The van der Waals surface area contributed by atoms with Crippen molar-refractivity contribution in [3.63, 3.8) is 0 Å². The molecule has 3 nitrogen and oxygen atoms in total. The maximum atomic E-state index is 11.5. The van der Waals surface area contributed by atoms with Crippen LogP contribution in [0.5, 0.6) is 0 Å². The van der Waals surface area contributed by atoms with Gasteiger partial charge in [0.15, 0.2) is 0 Å². The van der Waals surface area contributed by atoms with E-state index in [0.29, 0.717) is 11.5 Å². The zero-order chi connectivity index (χ0) is 10.8. The second-order valence-corrected chi connectivity index (χ2v) is 5.16. The third kappa shape index (κ3) is 2.28. The lowest BCUT2D eigenvalue weighted by Gasteiger charge is -1.95. The summed E-state index contributed by atoms with van der Waals surface area (Å²) in [5.74, 6) is -0.268. The normalized spacial score (nSPS) is 10.5. The molecule has 2 heterocycles. The highest BCUT2D eigenvalue weighted by atomic mass is 127. The zero-order valence-corrected chi connectivity index (χ0v) is 11.0. The molecule has 0 saturated heterocycles. The van der Waals surface area contributed by atoms with E-state index in [1.54, 1.807) is 13.1 Å². The highest BCUT2D eigenvalue weighted by Crippen LogP contribution is 2.25. The van der Waals surface area contributed by atoms with E-state index in [1.165, 1.54) is 11.3 Å². The molecule has 2 rings (SSSR count). The molecule has 0 bridgehead atoms. The van der Waals surface area contributed by atoms with Crippen molar-refractivity contribution in [3.05, 3.63) is 26.8 Å². The maximum Gasteiger partial charge on any atom is 0.348 e. The predicted octanol–water partition coefficient (Wildman–Crippen LogP) is 3.08. The number of carbonyl (C=O) groups is 1. The summed E-state index contributed by atoms with van der Waals surface area (Å²) in [6.45, 7) is 2.20. The molecular weight excluding hydrogens is 325 g/mol. The number of halogens is 1. The van der Waals surface area contributed by atoms with Crippen molar-refractivity contribution in [1.29, 1.82) is 0 Å². The van der Waals surface area contributed by atoms with Crippen LogP contribution in [-0.4, -0.2) is 17.6 Å². The second kappa shape index (κ2) is 4.44. The number of pyridine rings is 1. The number of hydrogen-bond donors (Lipinski definition) is 0. The SMILES string of the molecule is CCOC(=O)c1cc2cc(I)cnc2s1. The van der Waals surface area contributed by atoms with Crippen LogP contribution in [0.25, 0.3) is 10.2 Å². The average Bonchev–Trinajstić information content (AvgIpc) is 2.60. The average molecular weight is 333 g/mol. The number of fused-ring (bicyclic) bond motifs is 1. The van der Waals surface area contributed by atoms with Crippen LogP contribution in [0.15, 0.2) is 18.3 Å². The number of carbonyl (C=O) groups excluding carboxylic acids is 1. The minimum absolute atomic E-state index is 0.268. The van der Waals surface area contributed by atoms with Crippen molar-refractivity contribution in [2.75, 3.05) is 6.61 Å². The van der Waals surface area contributed by atoms with Gasteiger partial charge < -0.3 is 4.74 Å². The molecule has 2 aromatic heterocycles. The standard InChI is InChI=1S/C10H8INO2S/c1-2-14-10(13)8-4-6-3-7(11)5-12-9(6)15-8/h3-5H,2H2,1H3.